The Balaban J connectivity index is 1.67. The second-order valence-corrected chi connectivity index (χ2v) is 7.76. The number of carbonyl (C=O) groups is 1. The van der Waals surface area contributed by atoms with Crippen LogP contribution in [0.1, 0.15) is 37.4 Å². The molecular formula is C19H20ClN5O3. The van der Waals surface area contributed by atoms with E-state index in [-0.39, 0.29) is 23.2 Å². The first-order chi connectivity index (χ1) is 13.3. The third kappa shape index (κ3) is 2.98. The van der Waals surface area contributed by atoms with Gasteiger partial charge in [-0.3, -0.25) is 4.57 Å². The lowest BCUT2D eigenvalue weighted by molar-refractivity contribution is -0.0231. The zero-order valence-electron chi connectivity index (χ0n) is 15.7. The normalized spacial score (nSPS) is 23.8. The molecule has 146 valence electrons. The number of carbonyl (C=O) groups excluding carboxylic acids is 1. The van der Waals surface area contributed by atoms with Crippen LogP contribution in [0.4, 0.5) is 5.95 Å². The summed E-state index contributed by atoms with van der Waals surface area (Å²) < 4.78 is 13.7. The average molecular weight is 402 g/mol. The number of nitrogens with two attached hydrogens (primary N) is 1. The summed E-state index contributed by atoms with van der Waals surface area (Å²) in [6.07, 6.45) is 0.300. The Morgan fingerprint density at radius 1 is 1.29 bits per heavy atom. The van der Waals surface area contributed by atoms with E-state index in [0.717, 1.165) is 0 Å². The number of aromatic nitrogens is 4. The number of benzene rings is 1. The Morgan fingerprint density at radius 2 is 2.00 bits per heavy atom. The van der Waals surface area contributed by atoms with Crippen LogP contribution in [0.3, 0.4) is 0 Å². The molecule has 0 unspecified atom stereocenters. The van der Waals surface area contributed by atoms with Crippen LogP contribution >= 0.6 is 11.6 Å². The molecule has 3 heterocycles. The first kappa shape index (κ1) is 18.6. The van der Waals surface area contributed by atoms with Crippen LogP contribution in [-0.2, 0) is 9.47 Å². The number of hydrogen-bond donors (Lipinski definition) is 1. The Hall–Kier alpha value is -2.71. The van der Waals surface area contributed by atoms with E-state index in [2.05, 4.69) is 15.0 Å². The summed E-state index contributed by atoms with van der Waals surface area (Å²) in [6, 6.07) is 8.88. The summed E-state index contributed by atoms with van der Waals surface area (Å²) in [5, 5.41) is 0.178. The van der Waals surface area contributed by atoms with Crippen LogP contribution in [0, 0.1) is 5.41 Å². The van der Waals surface area contributed by atoms with Gasteiger partial charge in [-0.25, -0.2) is 9.78 Å². The zero-order valence-corrected chi connectivity index (χ0v) is 16.4. The summed E-state index contributed by atoms with van der Waals surface area (Å²) in [5.41, 5.74) is 6.58. The summed E-state index contributed by atoms with van der Waals surface area (Å²) in [5.74, 6) is -0.338. The Morgan fingerprint density at radius 3 is 2.71 bits per heavy atom. The SMILES string of the molecule is C[C@H]1O[C@@H](n2cnc3c(Cl)nc(N)nc32)C(C)(C)[C@@H]1OC(=O)c1ccccc1. The molecule has 0 radical (unpaired) electrons. The highest BCUT2D eigenvalue weighted by atomic mass is 35.5. The van der Waals surface area contributed by atoms with Crippen molar-refractivity contribution in [1.29, 1.82) is 0 Å². The molecule has 2 N–H and O–H groups in total. The van der Waals surface area contributed by atoms with E-state index < -0.39 is 17.7 Å². The Labute approximate surface area is 166 Å². The van der Waals surface area contributed by atoms with Crippen molar-refractivity contribution in [2.45, 2.75) is 39.2 Å². The molecule has 9 heteroatoms. The van der Waals surface area contributed by atoms with Crippen LogP contribution in [-0.4, -0.2) is 37.7 Å². The van der Waals surface area contributed by atoms with Crippen molar-refractivity contribution >= 4 is 34.7 Å². The van der Waals surface area contributed by atoms with Gasteiger partial charge >= 0.3 is 5.97 Å². The van der Waals surface area contributed by atoms with E-state index in [1.165, 1.54) is 0 Å². The van der Waals surface area contributed by atoms with Gasteiger partial charge in [-0.2, -0.15) is 9.97 Å². The number of ether oxygens (including phenoxy) is 2. The maximum Gasteiger partial charge on any atom is 0.338 e. The molecule has 28 heavy (non-hydrogen) atoms. The van der Waals surface area contributed by atoms with Crippen LogP contribution in [0.5, 0.6) is 0 Å². The molecule has 0 amide bonds. The van der Waals surface area contributed by atoms with E-state index in [1.54, 1.807) is 35.2 Å². The predicted octanol–water partition coefficient (Wildman–Crippen LogP) is 3.23. The maximum absolute atomic E-state index is 12.6. The minimum absolute atomic E-state index is 0.0511. The molecular weight excluding hydrogens is 382 g/mol. The van der Waals surface area contributed by atoms with E-state index in [1.807, 2.05) is 26.8 Å². The van der Waals surface area contributed by atoms with Gasteiger partial charge in [-0.1, -0.05) is 43.6 Å². The van der Waals surface area contributed by atoms with Gasteiger partial charge in [0.2, 0.25) is 5.95 Å². The summed E-state index contributed by atoms with van der Waals surface area (Å²) in [7, 11) is 0. The van der Waals surface area contributed by atoms with E-state index in [9.17, 15) is 4.79 Å². The van der Waals surface area contributed by atoms with Crippen LogP contribution in [0.25, 0.3) is 11.2 Å². The van der Waals surface area contributed by atoms with Crippen LogP contribution < -0.4 is 5.73 Å². The molecule has 1 saturated heterocycles. The number of nitrogen functional groups attached to an aromatic ring is 1. The first-order valence-corrected chi connectivity index (χ1v) is 9.24. The zero-order chi connectivity index (χ0) is 20.1. The molecule has 1 fully saturated rings. The van der Waals surface area contributed by atoms with Crippen molar-refractivity contribution in [3.05, 3.63) is 47.4 Å². The van der Waals surface area contributed by atoms with Crippen molar-refractivity contribution in [3.63, 3.8) is 0 Å². The molecule has 8 nitrogen and oxygen atoms in total. The van der Waals surface area contributed by atoms with Gasteiger partial charge in [0.25, 0.3) is 0 Å². The largest absolute Gasteiger partial charge is 0.455 e. The molecule has 1 aliphatic rings. The molecule has 0 bridgehead atoms. The number of anilines is 1. The molecule has 0 saturated carbocycles. The fourth-order valence-corrected chi connectivity index (χ4v) is 3.91. The van der Waals surface area contributed by atoms with Crippen molar-refractivity contribution < 1.29 is 14.3 Å². The second-order valence-electron chi connectivity index (χ2n) is 7.40. The molecule has 4 rings (SSSR count). The molecule has 0 spiro atoms. The number of esters is 1. The van der Waals surface area contributed by atoms with Crippen LogP contribution in [0.2, 0.25) is 5.15 Å². The molecule has 3 aromatic rings. The minimum atomic E-state index is -0.566. The third-order valence-electron chi connectivity index (χ3n) is 5.03. The number of hydrogen-bond acceptors (Lipinski definition) is 7. The predicted molar refractivity (Wildman–Crippen MR) is 104 cm³/mol. The van der Waals surface area contributed by atoms with E-state index in [4.69, 9.17) is 26.8 Å². The number of nitrogens with zero attached hydrogens (tertiary/aromatic N) is 4. The highest BCUT2D eigenvalue weighted by Crippen LogP contribution is 2.47. The van der Waals surface area contributed by atoms with Crippen molar-refractivity contribution in [1.82, 2.24) is 19.5 Å². The van der Waals surface area contributed by atoms with Crippen molar-refractivity contribution in [2.24, 2.45) is 5.41 Å². The number of rotatable bonds is 3. The van der Waals surface area contributed by atoms with Gasteiger partial charge < -0.3 is 15.2 Å². The lowest BCUT2D eigenvalue weighted by atomic mass is 9.84. The molecule has 0 aliphatic carbocycles. The standard InChI is InChI=1S/C19H20ClN5O3/c1-10-13(28-16(26)11-7-5-4-6-8-11)19(2,3)17(27-10)25-9-22-12-14(20)23-18(21)24-15(12)25/h4-10,13,17H,1-3H3,(H2,21,23,24)/t10-,13-,17-/m1/s1. The third-order valence-corrected chi connectivity index (χ3v) is 5.30. The molecule has 1 aromatic carbocycles. The number of fused-ring (bicyclic) bond motifs is 1. The second kappa shape index (κ2) is 6.72. The fourth-order valence-electron chi connectivity index (χ4n) is 3.69. The highest BCUT2D eigenvalue weighted by molar-refractivity contribution is 6.33. The highest BCUT2D eigenvalue weighted by Gasteiger charge is 2.52. The topological polar surface area (TPSA) is 105 Å². The smallest absolute Gasteiger partial charge is 0.338 e. The van der Waals surface area contributed by atoms with Crippen molar-refractivity contribution in [3.8, 4) is 0 Å². The monoisotopic (exact) mass is 401 g/mol. The van der Waals surface area contributed by atoms with Gasteiger partial charge in [-0.05, 0) is 19.1 Å². The van der Waals surface area contributed by atoms with Gasteiger partial charge in [-0.15, -0.1) is 0 Å². The Kier molecular flexibility index (Phi) is 4.47. The lowest BCUT2D eigenvalue weighted by Gasteiger charge is -2.31. The fraction of sp³-hybridized carbons (Fsp3) is 0.368. The molecule has 1 aliphatic heterocycles. The first-order valence-electron chi connectivity index (χ1n) is 8.86. The van der Waals surface area contributed by atoms with E-state index in [0.29, 0.717) is 16.7 Å². The van der Waals surface area contributed by atoms with Gasteiger partial charge in [0.1, 0.15) is 17.8 Å². The molecule has 3 atom stereocenters. The summed E-state index contributed by atoms with van der Waals surface area (Å²) in [4.78, 5) is 25.1. The van der Waals surface area contributed by atoms with Gasteiger partial charge in [0.15, 0.2) is 10.8 Å². The van der Waals surface area contributed by atoms with Crippen LogP contribution in [0.15, 0.2) is 36.7 Å². The molecule has 2 aromatic heterocycles. The summed E-state index contributed by atoms with van der Waals surface area (Å²) >= 11 is 6.13. The number of halogens is 1. The van der Waals surface area contributed by atoms with Gasteiger partial charge in [0, 0.05) is 5.41 Å². The minimum Gasteiger partial charge on any atom is -0.455 e. The quantitative estimate of drug-likeness (QED) is 0.530. The summed E-state index contributed by atoms with van der Waals surface area (Å²) in [6.45, 7) is 5.82. The van der Waals surface area contributed by atoms with Gasteiger partial charge in [0.05, 0.1) is 18.0 Å². The Bertz CT molecular complexity index is 1040. The maximum atomic E-state index is 12.6. The van der Waals surface area contributed by atoms with E-state index >= 15 is 0 Å². The lowest BCUT2D eigenvalue weighted by Crippen LogP contribution is -2.37. The number of imidazole rings is 1. The average Bonchev–Trinajstić information content (AvgIpc) is 3.16. The van der Waals surface area contributed by atoms with Crippen molar-refractivity contribution in [2.75, 3.05) is 5.73 Å².